The quantitative estimate of drug-likeness (QED) is 0.289. The third-order valence-electron chi connectivity index (χ3n) is 5.63. The Bertz CT molecular complexity index is 1120. The van der Waals surface area contributed by atoms with Crippen LogP contribution in [-0.2, 0) is 12.8 Å². The molecule has 154 valence electrons. The van der Waals surface area contributed by atoms with Crippen molar-refractivity contribution >= 4 is 21.7 Å². The van der Waals surface area contributed by atoms with E-state index in [1.807, 2.05) is 6.20 Å². The van der Waals surface area contributed by atoms with Crippen molar-refractivity contribution in [3.05, 3.63) is 84.1 Å². The number of hydrogen-bond donors (Lipinski definition) is 0. The van der Waals surface area contributed by atoms with Gasteiger partial charge in [0.2, 0.25) is 0 Å². The Morgan fingerprint density at radius 2 is 1.67 bits per heavy atom. The average Bonchev–Trinajstić information content (AvgIpc) is 2.73. The summed E-state index contributed by atoms with van der Waals surface area (Å²) in [5.41, 5.74) is 3.75. The lowest BCUT2D eigenvalue weighted by Crippen LogP contribution is -2.12. The van der Waals surface area contributed by atoms with Gasteiger partial charge in [0.05, 0.1) is 11.6 Å². The fourth-order valence-corrected chi connectivity index (χ4v) is 4.24. The van der Waals surface area contributed by atoms with Crippen molar-refractivity contribution < 1.29 is 4.74 Å². The predicted octanol–water partition coefficient (Wildman–Crippen LogP) is 7.38. The molecule has 0 aliphatic heterocycles. The standard InChI is InChI=1S/C28H31NO/c1-20(2)16-24-17-25(30-21(3)10-9-13-22-11-5-4-6-12-22)18-27-28(24)26-15-8-7-14-23(26)19-29-27/h4-8,11-12,14-15,17-21H,9-10,13,16H2,1-3H3. The van der Waals surface area contributed by atoms with Gasteiger partial charge in [-0.1, -0.05) is 68.4 Å². The summed E-state index contributed by atoms with van der Waals surface area (Å²) in [7, 11) is 0. The van der Waals surface area contributed by atoms with E-state index < -0.39 is 0 Å². The van der Waals surface area contributed by atoms with Crippen molar-refractivity contribution in [3.63, 3.8) is 0 Å². The van der Waals surface area contributed by atoms with Gasteiger partial charge in [0.25, 0.3) is 0 Å². The van der Waals surface area contributed by atoms with E-state index in [0.717, 1.165) is 36.9 Å². The van der Waals surface area contributed by atoms with Crippen LogP contribution < -0.4 is 4.74 Å². The second-order valence-corrected chi connectivity index (χ2v) is 8.73. The summed E-state index contributed by atoms with van der Waals surface area (Å²) in [6, 6.07) is 23.6. The second kappa shape index (κ2) is 9.30. The fraction of sp³-hybridized carbons (Fsp3) is 0.321. The molecule has 1 atom stereocenters. The Hall–Kier alpha value is -2.87. The molecule has 30 heavy (non-hydrogen) atoms. The van der Waals surface area contributed by atoms with E-state index in [-0.39, 0.29) is 6.10 Å². The Labute approximate surface area is 179 Å². The number of hydrogen-bond acceptors (Lipinski definition) is 2. The second-order valence-electron chi connectivity index (χ2n) is 8.73. The molecule has 2 nitrogen and oxygen atoms in total. The molecule has 1 aromatic heterocycles. The maximum atomic E-state index is 6.35. The molecule has 4 aromatic rings. The zero-order valence-corrected chi connectivity index (χ0v) is 18.3. The molecular weight excluding hydrogens is 366 g/mol. The van der Waals surface area contributed by atoms with Crippen LogP contribution in [0.1, 0.15) is 44.7 Å². The number of fused-ring (bicyclic) bond motifs is 3. The van der Waals surface area contributed by atoms with Gasteiger partial charge >= 0.3 is 0 Å². The Morgan fingerprint density at radius 1 is 0.900 bits per heavy atom. The Morgan fingerprint density at radius 3 is 2.47 bits per heavy atom. The van der Waals surface area contributed by atoms with Gasteiger partial charge in [-0.2, -0.15) is 0 Å². The summed E-state index contributed by atoms with van der Waals surface area (Å²) >= 11 is 0. The van der Waals surface area contributed by atoms with E-state index in [4.69, 9.17) is 9.72 Å². The molecule has 0 bridgehead atoms. The summed E-state index contributed by atoms with van der Waals surface area (Å²) in [4.78, 5) is 4.77. The lowest BCUT2D eigenvalue weighted by atomic mass is 9.95. The Kier molecular flexibility index (Phi) is 6.32. The monoisotopic (exact) mass is 397 g/mol. The van der Waals surface area contributed by atoms with Crippen molar-refractivity contribution in [2.75, 3.05) is 0 Å². The van der Waals surface area contributed by atoms with Crippen molar-refractivity contribution in [1.82, 2.24) is 4.98 Å². The predicted molar refractivity (Wildman–Crippen MR) is 127 cm³/mol. The van der Waals surface area contributed by atoms with E-state index in [0.29, 0.717) is 5.92 Å². The molecule has 0 aliphatic rings. The molecule has 1 heterocycles. The highest BCUT2D eigenvalue weighted by Crippen LogP contribution is 2.32. The van der Waals surface area contributed by atoms with Crippen LogP contribution in [0.3, 0.4) is 0 Å². The largest absolute Gasteiger partial charge is 0.491 e. The number of nitrogens with zero attached hydrogens (tertiary/aromatic N) is 1. The summed E-state index contributed by atoms with van der Waals surface area (Å²) in [5.74, 6) is 1.51. The van der Waals surface area contributed by atoms with Gasteiger partial charge in [0, 0.05) is 23.0 Å². The van der Waals surface area contributed by atoms with E-state index >= 15 is 0 Å². The van der Waals surface area contributed by atoms with Crippen molar-refractivity contribution in [2.24, 2.45) is 5.92 Å². The Balaban J connectivity index is 1.55. The van der Waals surface area contributed by atoms with Crippen LogP contribution in [0.2, 0.25) is 0 Å². The topological polar surface area (TPSA) is 22.1 Å². The summed E-state index contributed by atoms with van der Waals surface area (Å²) in [5, 5.41) is 3.74. The molecule has 0 fully saturated rings. The first-order valence-corrected chi connectivity index (χ1v) is 11.1. The number of benzene rings is 3. The van der Waals surface area contributed by atoms with Gasteiger partial charge in [0.1, 0.15) is 5.75 Å². The molecule has 0 spiro atoms. The molecule has 0 amide bonds. The zero-order valence-electron chi connectivity index (χ0n) is 18.3. The molecule has 0 radical (unpaired) electrons. The van der Waals surface area contributed by atoms with E-state index in [1.54, 1.807) is 0 Å². The van der Waals surface area contributed by atoms with Gasteiger partial charge in [-0.15, -0.1) is 0 Å². The molecule has 3 aromatic carbocycles. The third-order valence-corrected chi connectivity index (χ3v) is 5.63. The lowest BCUT2D eigenvalue weighted by molar-refractivity contribution is 0.208. The van der Waals surface area contributed by atoms with Crippen molar-refractivity contribution in [3.8, 4) is 5.75 Å². The summed E-state index contributed by atoms with van der Waals surface area (Å²) in [6.07, 6.45) is 6.44. The molecule has 1 unspecified atom stereocenters. The van der Waals surface area contributed by atoms with Crippen LogP contribution in [0.4, 0.5) is 0 Å². The van der Waals surface area contributed by atoms with E-state index in [2.05, 4.69) is 87.5 Å². The van der Waals surface area contributed by atoms with Crippen LogP contribution >= 0.6 is 0 Å². The van der Waals surface area contributed by atoms with Crippen molar-refractivity contribution in [2.45, 2.75) is 52.6 Å². The minimum absolute atomic E-state index is 0.179. The first-order chi connectivity index (χ1) is 14.6. The van der Waals surface area contributed by atoms with Crippen LogP contribution in [-0.4, -0.2) is 11.1 Å². The van der Waals surface area contributed by atoms with Crippen LogP contribution in [0, 0.1) is 5.92 Å². The van der Waals surface area contributed by atoms with Gasteiger partial charge in [0.15, 0.2) is 0 Å². The highest BCUT2D eigenvalue weighted by molar-refractivity contribution is 6.07. The fourth-order valence-electron chi connectivity index (χ4n) is 4.24. The highest BCUT2D eigenvalue weighted by Gasteiger charge is 2.13. The van der Waals surface area contributed by atoms with Crippen LogP contribution in [0.5, 0.6) is 5.75 Å². The first kappa shape index (κ1) is 20.4. The maximum Gasteiger partial charge on any atom is 0.122 e. The van der Waals surface area contributed by atoms with Crippen LogP contribution in [0.25, 0.3) is 21.7 Å². The molecule has 4 rings (SSSR count). The molecule has 0 aliphatic carbocycles. The average molecular weight is 398 g/mol. The van der Waals surface area contributed by atoms with Gasteiger partial charge < -0.3 is 4.74 Å². The minimum Gasteiger partial charge on any atom is -0.491 e. The number of ether oxygens (including phenoxy) is 1. The number of aryl methyl sites for hydroxylation is 1. The van der Waals surface area contributed by atoms with Crippen molar-refractivity contribution in [1.29, 1.82) is 0 Å². The van der Waals surface area contributed by atoms with Crippen LogP contribution in [0.15, 0.2) is 72.9 Å². The van der Waals surface area contributed by atoms with Gasteiger partial charge in [-0.3, -0.25) is 4.98 Å². The van der Waals surface area contributed by atoms with Gasteiger partial charge in [-0.25, -0.2) is 0 Å². The number of rotatable bonds is 8. The first-order valence-electron chi connectivity index (χ1n) is 11.1. The maximum absolute atomic E-state index is 6.35. The minimum atomic E-state index is 0.179. The summed E-state index contributed by atoms with van der Waals surface area (Å²) in [6.45, 7) is 6.71. The molecular formula is C28H31NO. The molecule has 2 heteroatoms. The molecule has 0 saturated heterocycles. The van der Waals surface area contributed by atoms with Gasteiger partial charge in [-0.05, 0) is 61.1 Å². The number of pyridine rings is 1. The summed E-state index contributed by atoms with van der Waals surface area (Å²) < 4.78 is 6.35. The zero-order chi connectivity index (χ0) is 20.9. The lowest BCUT2D eigenvalue weighted by Gasteiger charge is -2.18. The SMILES string of the molecule is CC(C)Cc1cc(OC(C)CCCc2ccccc2)cc2ncc3ccccc3c12. The number of aromatic nitrogens is 1. The highest BCUT2D eigenvalue weighted by atomic mass is 16.5. The smallest absolute Gasteiger partial charge is 0.122 e. The van der Waals surface area contributed by atoms with E-state index in [1.165, 1.54) is 27.3 Å². The molecule has 0 saturated carbocycles. The third kappa shape index (κ3) is 4.81. The molecule has 0 N–H and O–H groups in total. The normalized spacial score (nSPS) is 12.5. The van der Waals surface area contributed by atoms with E-state index in [9.17, 15) is 0 Å².